The minimum Gasteiger partial charge on any atom is -0.477 e. The van der Waals surface area contributed by atoms with E-state index < -0.39 is 5.97 Å². The first kappa shape index (κ1) is 18.9. The summed E-state index contributed by atoms with van der Waals surface area (Å²) in [5.41, 5.74) is 3.83. The number of nitrogens with zero attached hydrogens (tertiary/aromatic N) is 1. The van der Waals surface area contributed by atoms with Gasteiger partial charge in [0.05, 0.1) is 10.0 Å². The highest BCUT2D eigenvalue weighted by Crippen LogP contribution is 2.33. The van der Waals surface area contributed by atoms with Gasteiger partial charge in [-0.3, -0.25) is 0 Å². The summed E-state index contributed by atoms with van der Waals surface area (Å²) in [6.45, 7) is 0.367. The second kappa shape index (κ2) is 7.51. The maximum Gasteiger partial charge on any atom is 0.352 e. The average molecular weight is 431 g/mol. The van der Waals surface area contributed by atoms with Gasteiger partial charge < -0.3 is 9.67 Å². The lowest BCUT2D eigenvalue weighted by molar-refractivity contribution is 0.0686. The summed E-state index contributed by atoms with van der Waals surface area (Å²) in [7, 11) is 0. The molecule has 0 saturated heterocycles. The third-order valence-corrected chi connectivity index (χ3v) is 5.64. The fraction of sp³-hybridized carbons (Fsp3) is 0.0455. The Kier molecular flexibility index (Phi) is 5.07. The quantitative estimate of drug-likeness (QED) is 0.378. The minimum atomic E-state index is -0.988. The Labute approximate surface area is 176 Å². The topological polar surface area (TPSA) is 42.2 Å². The number of aromatic carboxylic acids is 1. The van der Waals surface area contributed by atoms with Crippen molar-refractivity contribution in [3.8, 4) is 11.1 Å². The molecule has 4 rings (SSSR count). The number of rotatable bonds is 4. The van der Waals surface area contributed by atoms with E-state index in [4.69, 9.17) is 34.8 Å². The fourth-order valence-corrected chi connectivity index (χ4v) is 3.78. The van der Waals surface area contributed by atoms with Crippen molar-refractivity contribution in [1.82, 2.24) is 4.57 Å². The number of halogens is 3. The summed E-state index contributed by atoms with van der Waals surface area (Å²) in [4.78, 5) is 11.9. The van der Waals surface area contributed by atoms with E-state index in [0.29, 0.717) is 21.6 Å². The second-order valence-electron chi connectivity index (χ2n) is 6.41. The molecule has 0 spiro atoms. The molecule has 0 atom stereocenters. The third kappa shape index (κ3) is 3.49. The first-order chi connectivity index (χ1) is 13.4. The molecule has 0 bridgehead atoms. The normalized spacial score (nSPS) is 11.1. The molecule has 4 aromatic rings. The molecule has 0 fully saturated rings. The van der Waals surface area contributed by atoms with Gasteiger partial charge in [0.2, 0.25) is 0 Å². The number of hydrogen-bond donors (Lipinski definition) is 1. The number of carbonyl (C=O) groups is 1. The van der Waals surface area contributed by atoms with Crippen molar-refractivity contribution < 1.29 is 9.90 Å². The number of fused-ring (bicyclic) bond motifs is 1. The van der Waals surface area contributed by atoms with E-state index in [2.05, 4.69) is 0 Å². The molecule has 0 radical (unpaired) electrons. The van der Waals surface area contributed by atoms with Gasteiger partial charge in [-0.15, -0.1) is 0 Å². The Hall–Kier alpha value is -2.46. The minimum absolute atomic E-state index is 0.211. The lowest BCUT2D eigenvalue weighted by atomic mass is 10.0. The highest BCUT2D eigenvalue weighted by Gasteiger charge is 2.17. The molecule has 0 aliphatic rings. The van der Waals surface area contributed by atoms with Crippen LogP contribution in [0.5, 0.6) is 0 Å². The first-order valence-electron chi connectivity index (χ1n) is 8.49. The van der Waals surface area contributed by atoms with Crippen molar-refractivity contribution in [3.63, 3.8) is 0 Å². The SMILES string of the molecule is O=C(O)c1cc2c(-c3ccc(Cl)cc3)cccc2n1Cc1ccc(Cl)c(Cl)c1. The molecule has 140 valence electrons. The Bertz CT molecular complexity index is 1200. The van der Waals surface area contributed by atoms with Gasteiger partial charge in [0, 0.05) is 22.5 Å². The first-order valence-corrected chi connectivity index (χ1v) is 9.63. The third-order valence-electron chi connectivity index (χ3n) is 4.64. The highest BCUT2D eigenvalue weighted by atomic mass is 35.5. The van der Waals surface area contributed by atoms with Gasteiger partial charge in [-0.25, -0.2) is 4.79 Å². The maximum absolute atomic E-state index is 11.9. The number of carboxylic acid groups (broad SMARTS) is 1. The zero-order valence-corrected chi connectivity index (χ0v) is 16.8. The Morgan fingerprint density at radius 3 is 2.32 bits per heavy atom. The van der Waals surface area contributed by atoms with Crippen LogP contribution in [0, 0.1) is 0 Å². The zero-order chi connectivity index (χ0) is 19.8. The van der Waals surface area contributed by atoms with E-state index in [1.54, 1.807) is 22.8 Å². The van der Waals surface area contributed by atoms with Gasteiger partial charge in [0.1, 0.15) is 5.69 Å². The molecule has 1 N–H and O–H groups in total. The fourth-order valence-electron chi connectivity index (χ4n) is 3.33. The van der Waals surface area contributed by atoms with Crippen LogP contribution in [0.1, 0.15) is 16.1 Å². The molecule has 1 aromatic heterocycles. The van der Waals surface area contributed by atoms with Crippen molar-refractivity contribution in [2.75, 3.05) is 0 Å². The molecule has 3 nitrogen and oxygen atoms in total. The van der Waals surface area contributed by atoms with Crippen LogP contribution in [0.3, 0.4) is 0 Å². The predicted molar refractivity (Wildman–Crippen MR) is 115 cm³/mol. The molecule has 0 aliphatic heterocycles. The molecule has 6 heteroatoms. The Morgan fingerprint density at radius 2 is 1.64 bits per heavy atom. The summed E-state index contributed by atoms with van der Waals surface area (Å²) in [5, 5.41) is 12.2. The van der Waals surface area contributed by atoms with Crippen LogP contribution in [-0.2, 0) is 6.54 Å². The highest BCUT2D eigenvalue weighted by molar-refractivity contribution is 6.42. The predicted octanol–water partition coefficient (Wildman–Crippen LogP) is 7.02. The Balaban J connectivity index is 1.89. The van der Waals surface area contributed by atoms with Crippen molar-refractivity contribution in [1.29, 1.82) is 0 Å². The van der Waals surface area contributed by atoms with Crippen LogP contribution < -0.4 is 0 Å². The van der Waals surface area contributed by atoms with Gasteiger partial charge >= 0.3 is 5.97 Å². The number of carboxylic acids is 1. The van der Waals surface area contributed by atoms with Gasteiger partial charge in [-0.05, 0) is 53.1 Å². The van der Waals surface area contributed by atoms with E-state index in [9.17, 15) is 9.90 Å². The molecule has 0 amide bonds. The monoisotopic (exact) mass is 429 g/mol. The summed E-state index contributed by atoms with van der Waals surface area (Å²) in [6, 6.07) is 20.3. The van der Waals surface area contributed by atoms with Crippen LogP contribution in [0.15, 0.2) is 66.7 Å². The molecule has 0 aliphatic carbocycles. The largest absolute Gasteiger partial charge is 0.477 e. The van der Waals surface area contributed by atoms with Crippen LogP contribution in [-0.4, -0.2) is 15.6 Å². The second-order valence-corrected chi connectivity index (χ2v) is 7.67. The lowest BCUT2D eigenvalue weighted by Gasteiger charge is -2.10. The van der Waals surface area contributed by atoms with Gasteiger partial charge in [-0.1, -0.05) is 65.1 Å². The van der Waals surface area contributed by atoms with Crippen LogP contribution in [0.4, 0.5) is 0 Å². The molecule has 0 unspecified atom stereocenters. The summed E-state index contributed by atoms with van der Waals surface area (Å²) < 4.78 is 1.77. The maximum atomic E-state index is 11.9. The van der Waals surface area contributed by atoms with Crippen molar-refractivity contribution in [3.05, 3.63) is 93.1 Å². The molecule has 3 aromatic carbocycles. The molecule has 28 heavy (non-hydrogen) atoms. The smallest absolute Gasteiger partial charge is 0.352 e. The molecule has 1 heterocycles. The van der Waals surface area contributed by atoms with Crippen molar-refractivity contribution in [2.24, 2.45) is 0 Å². The summed E-state index contributed by atoms with van der Waals surface area (Å²) in [6.07, 6.45) is 0. The number of aromatic nitrogens is 1. The van der Waals surface area contributed by atoms with Crippen LogP contribution >= 0.6 is 34.8 Å². The van der Waals surface area contributed by atoms with Crippen molar-refractivity contribution >= 4 is 51.7 Å². The van der Waals surface area contributed by atoms with Gasteiger partial charge in [0.25, 0.3) is 0 Å². The molecule has 0 saturated carbocycles. The Morgan fingerprint density at radius 1 is 0.893 bits per heavy atom. The van der Waals surface area contributed by atoms with Crippen LogP contribution in [0.2, 0.25) is 15.1 Å². The van der Waals surface area contributed by atoms with E-state index in [-0.39, 0.29) is 5.69 Å². The summed E-state index contributed by atoms with van der Waals surface area (Å²) >= 11 is 18.1. The van der Waals surface area contributed by atoms with Gasteiger partial charge in [0.15, 0.2) is 0 Å². The van der Waals surface area contributed by atoms with E-state index in [0.717, 1.165) is 27.6 Å². The number of hydrogen-bond acceptors (Lipinski definition) is 1. The van der Waals surface area contributed by atoms with Crippen LogP contribution in [0.25, 0.3) is 22.0 Å². The molecular formula is C22H14Cl3NO2. The van der Waals surface area contributed by atoms with E-state index >= 15 is 0 Å². The zero-order valence-electron chi connectivity index (χ0n) is 14.5. The lowest BCUT2D eigenvalue weighted by Crippen LogP contribution is -2.09. The summed E-state index contributed by atoms with van der Waals surface area (Å²) in [5.74, 6) is -0.988. The van der Waals surface area contributed by atoms with Crippen molar-refractivity contribution in [2.45, 2.75) is 6.54 Å². The number of benzene rings is 3. The standard InChI is InChI=1S/C22H14Cl3NO2/c23-15-7-5-14(6-8-15)16-2-1-3-20-17(16)11-21(22(27)28)26(20)12-13-4-9-18(24)19(25)10-13/h1-11H,12H2,(H,27,28). The van der Waals surface area contributed by atoms with Gasteiger partial charge in [-0.2, -0.15) is 0 Å². The van der Waals surface area contributed by atoms with E-state index in [1.807, 2.05) is 48.5 Å². The molecular weight excluding hydrogens is 417 g/mol. The van der Waals surface area contributed by atoms with E-state index in [1.165, 1.54) is 0 Å². The average Bonchev–Trinajstić information content (AvgIpc) is 3.04.